The van der Waals surface area contributed by atoms with Gasteiger partial charge < -0.3 is 20.2 Å². The van der Waals surface area contributed by atoms with Crippen LogP contribution in [0.5, 0.6) is 0 Å². The molecular weight excluding hydrogens is 238 g/mol. The van der Waals surface area contributed by atoms with E-state index in [4.69, 9.17) is 5.11 Å². The van der Waals surface area contributed by atoms with E-state index in [1.807, 2.05) is 6.92 Å². The van der Waals surface area contributed by atoms with Gasteiger partial charge in [-0.05, 0) is 6.42 Å². The number of carbonyl (C=O) groups excluding carboxylic acids is 2. The molecule has 3 amide bonds. The van der Waals surface area contributed by atoms with Gasteiger partial charge in [-0.15, -0.1) is 0 Å². The molecule has 1 rings (SSSR count). The Labute approximate surface area is 106 Å². The highest BCUT2D eigenvalue weighted by atomic mass is 16.4. The molecule has 1 fully saturated rings. The van der Waals surface area contributed by atoms with Crippen LogP contribution in [0.3, 0.4) is 0 Å². The van der Waals surface area contributed by atoms with Crippen LogP contribution in [-0.4, -0.2) is 65.5 Å². The summed E-state index contributed by atoms with van der Waals surface area (Å²) >= 11 is 0. The molecule has 102 valence electrons. The number of piperazine rings is 1. The summed E-state index contributed by atoms with van der Waals surface area (Å²) in [6.45, 7) is 2.74. The minimum atomic E-state index is -1.05. The summed E-state index contributed by atoms with van der Waals surface area (Å²) < 4.78 is 0. The monoisotopic (exact) mass is 257 g/mol. The zero-order valence-electron chi connectivity index (χ0n) is 10.7. The lowest BCUT2D eigenvalue weighted by molar-refractivity contribution is -0.139. The van der Waals surface area contributed by atoms with Gasteiger partial charge in [0.2, 0.25) is 5.91 Å². The first kappa shape index (κ1) is 14.3. The SMILES string of the molecule is CCC[C@@H](NC(=O)N1CCN(C)C(=O)C1)C(=O)O. The summed E-state index contributed by atoms with van der Waals surface area (Å²) in [5, 5.41) is 11.4. The highest BCUT2D eigenvalue weighted by molar-refractivity contribution is 5.87. The van der Waals surface area contributed by atoms with Gasteiger partial charge in [0.15, 0.2) is 0 Å². The summed E-state index contributed by atoms with van der Waals surface area (Å²) in [5.41, 5.74) is 0. The van der Waals surface area contributed by atoms with Gasteiger partial charge >= 0.3 is 12.0 Å². The van der Waals surface area contributed by atoms with Gasteiger partial charge in [-0.3, -0.25) is 4.79 Å². The Balaban J connectivity index is 2.54. The fraction of sp³-hybridized carbons (Fsp3) is 0.727. The van der Waals surface area contributed by atoms with E-state index in [1.54, 1.807) is 11.9 Å². The van der Waals surface area contributed by atoms with Crippen LogP contribution >= 0.6 is 0 Å². The Morgan fingerprint density at radius 1 is 1.44 bits per heavy atom. The molecule has 0 aromatic carbocycles. The molecule has 0 aromatic rings. The molecule has 1 saturated heterocycles. The van der Waals surface area contributed by atoms with Crippen LogP contribution in [0.4, 0.5) is 4.79 Å². The van der Waals surface area contributed by atoms with Crippen LogP contribution in [-0.2, 0) is 9.59 Å². The topological polar surface area (TPSA) is 90.0 Å². The molecule has 1 heterocycles. The Bertz CT molecular complexity index is 345. The van der Waals surface area contributed by atoms with Crippen LogP contribution in [0.2, 0.25) is 0 Å². The van der Waals surface area contributed by atoms with Gasteiger partial charge in [-0.2, -0.15) is 0 Å². The van der Waals surface area contributed by atoms with Gasteiger partial charge in [0, 0.05) is 20.1 Å². The van der Waals surface area contributed by atoms with Crippen molar-refractivity contribution < 1.29 is 19.5 Å². The number of aliphatic carboxylic acids is 1. The van der Waals surface area contributed by atoms with Crippen molar-refractivity contribution in [2.75, 3.05) is 26.7 Å². The van der Waals surface area contributed by atoms with E-state index < -0.39 is 18.0 Å². The maximum absolute atomic E-state index is 11.8. The summed E-state index contributed by atoms with van der Waals surface area (Å²) in [6.07, 6.45) is 1.04. The Morgan fingerprint density at radius 2 is 2.11 bits per heavy atom. The van der Waals surface area contributed by atoms with Crippen molar-refractivity contribution in [1.29, 1.82) is 0 Å². The van der Waals surface area contributed by atoms with Crippen molar-refractivity contribution in [3.05, 3.63) is 0 Å². The molecule has 0 bridgehead atoms. The first-order valence-electron chi connectivity index (χ1n) is 5.98. The van der Waals surface area contributed by atoms with E-state index in [0.717, 1.165) is 0 Å². The zero-order valence-corrected chi connectivity index (χ0v) is 10.7. The third-order valence-corrected chi connectivity index (χ3v) is 2.92. The smallest absolute Gasteiger partial charge is 0.326 e. The van der Waals surface area contributed by atoms with Crippen LogP contribution in [0, 0.1) is 0 Å². The number of hydrogen-bond acceptors (Lipinski definition) is 3. The predicted octanol–water partition coefficient (Wildman–Crippen LogP) is -0.277. The number of nitrogens with zero attached hydrogens (tertiary/aromatic N) is 2. The molecule has 18 heavy (non-hydrogen) atoms. The van der Waals surface area contributed by atoms with Crippen molar-refractivity contribution in [3.63, 3.8) is 0 Å². The molecule has 2 N–H and O–H groups in total. The third-order valence-electron chi connectivity index (χ3n) is 2.92. The molecular formula is C11H19N3O4. The zero-order chi connectivity index (χ0) is 13.7. The van der Waals surface area contributed by atoms with E-state index in [-0.39, 0.29) is 12.5 Å². The lowest BCUT2D eigenvalue weighted by atomic mass is 10.2. The lowest BCUT2D eigenvalue weighted by Gasteiger charge is -2.32. The Hall–Kier alpha value is -1.79. The highest BCUT2D eigenvalue weighted by Crippen LogP contribution is 2.03. The number of rotatable bonds is 4. The number of urea groups is 1. The number of carboxylic acid groups (broad SMARTS) is 1. The number of carboxylic acids is 1. The first-order valence-corrected chi connectivity index (χ1v) is 5.98. The minimum absolute atomic E-state index is 0.000791. The van der Waals surface area contributed by atoms with Gasteiger partial charge in [-0.25, -0.2) is 9.59 Å². The van der Waals surface area contributed by atoms with Crippen LogP contribution < -0.4 is 5.32 Å². The van der Waals surface area contributed by atoms with E-state index in [2.05, 4.69) is 5.32 Å². The van der Waals surface area contributed by atoms with Crippen molar-refractivity contribution in [2.45, 2.75) is 25.8 Å². The molecule has 1 aliphatic rings. The maximum atomic E-state index is 11.8. The van der Waals surface area contributed by atoms with Crippen LogP contribution in [0.1, 0.15) is 19.8 Å². The van der Waals surface area contributed by atoms with Crippen molar-refractivity contribution in [2.24, 2.45) is 0 Å². The first-order chi connectivity index (χ1) is 8.45. The molecule has 1 atom stereocenters. The Morgan fingerprint density at radius 3 is 2.61 bits per heavy atom. The average molecular weight is 257 g/mol. The minimum Gasteiger partial charge on any atom is -0.480 e. The van der Waals surface area contributed by atoms with Gasteiger partial charge in [-0.1, -0.05) is 13.3 Å². The summed E-state index contributed by atoms with van der Waals surface area (Å²) in [7, 11) is 1.68. The fourth-order valence-electron chi connectivity index (χ4n) is 1.72. The molecule has 7 heteroatoms. The molecule has 0 aliphatic carbocycles. The average Bonchev–Trinajstić information content (AvgIpc) is 2.31. The normalized spacial score (nSPS) is 17.6. The number of nitrogens with one attached hydrogen (secondary N) is 1. The second-order valence-electron chi connectivity index (χ2n) is 4.37. The molecule has 0 saturated carbocycles. The maximum Gasteiger partial charge on any atom is 0.326 e. The van der Waals surface area contributed by atoms with Crippen molar-refractivity contribution in [3.8, 4) is 0 Å². The van der Waals surface area contributed by atoms with E-state index in [1.165, 1.54) is 4.90 Å². The van der Waals surface area contributed by atoms with E-state index >= 15 is 0 Å². The highest BCUT2D eigenvalue weighted by Gasteiger charge is 2.27. The molecule has 7 nitrogen and oxygen atoms in total. The largest absolute Gasteiger partial charge is 0.480 e. The van der Waals surface area contributed by atoms with Crippen LogP contribution in [0.15, 0.2) is 0 Å². The summed E-state index contributed by atoms with van der Waals surface area (Å²) in [5.74, 6) is -1.19. The van der Waals surface area contributed by atoms with Gasteiger partial charge in [0.1, 0.15) is 12.6 Å². The van der Waals surface area contributed by atoms with Crippen LogP contribution in [0.25, 0.3) is 0 Å². The number of hydrogen-bond donors (Lipinski definition) is 2. The fourth-order valence-corrected chi connectivity index (χ4v) is 1.72. The quantitative estimate of drug-likeness (QED) is 0.725. The second kappa shape index (κ2) is 6.23. The predicted molar refractivity (Wildman–Crippen MR) is 64.1 cm³/mol. The van der Waals surface area contributed by atoms with Gasteiger partial charge in [0.05, 0.1) is 0 Å². The lowest BCUT2D eigenvalue weighted by Crippen LogP contribution is -2.55. The van der Waals surface area contributed by atoms with Crippen molar-refractivity contribution >= 4 is 17.9 Å². The summed E-state index contributed by atoms with van der Waals surface area (Å²) in [4.78, 5) is 37.1. The molecule has 0 spiro atoms. The number of likely N-dealkylation sites (N-methyl/N-ethyl adjacent to an activating group) is 1. The third kappa shape index (κ3) is 3.61. The molecule has 1 aliphatic heterocycles. The molecule has 0 aromatic heterocycles. The number of amides is 3. The Kier molecular flexibility index (Phi) is 4.94. The summed E-state index contributed by atoms with van der Waals surface area (Å²) in [6, 6.07) is -1.38. The standard InChI is InChI=1S/C11H19N3O4/c1-3-4-8(10(16)17)12-11(18)14-6-5-13(2)9(15)7-14/h8H,3-7H2,1-2H3,(H,12,18)(H,16,17)/t8-/m1/s1. The number of carbonyl (C=O) groups is 3. The molecule has 0 unspecified atom stereocenters. The van der Waals surface area contributed by atoms with E-state index in [9.17, 15) is 14.4 Å². The van der Waals surface area contributed by atoms with E-state index in [0.29, 0.717) is 25.9 Å². The second-order valence-corrected chi connectivity index (χ2v) is 4.37. The molecule has 0 radical (unpaired) electrons. The van der Waals surface area contributed by atoms with Crippen molar-refractivity contribution in [1.82, 2.24) is 15.1 Å². The van der Waals surface area contributed by atoms with Gasteiger partial charge in [0.25, 0.3) is 0 Å².